The van der Waals surface area contributed by atoms with Gasteiger partial charge in [-0.2, -0.15) is 13.2 Å². The second kappa shape index (κ2) is 16.7. The summed E-state index contributed by atoms with van der Waals surface area (Å²) >= 11 is 1.17. The minimum Gasteiger partial charge on any atom is -0.461 e. The summed E-state index contributed by atoms with van der Waals surface area (Å²) in [7, 11) is 0. The van der Waals surface area contributed by atoms with Crippen molar-refractivity contribution in [1.82, 2.24) is 25.9 Å². The molecule has 0 saturated heterocycles. The number of thiazole rings is 1. The Morgan fingerprint density at radius 2 is 1.72 bits per heavy atom. The van der Waals surface area contributed by atoms with E-state index in [0.717, 1.165) is 6.07 Å². The maximum Gasteiger partial charge on any atom is 0.418 e. The number of aromatic nitrogens is 2. The molecule has 2 aromatic heterocycles. The number of nitrogens with one attached hydrogen (secondary N) is 4. The van der Waals surface area contributed by atoms with E-state index in [0.29, 0.717) is 29.1 Å². The number of alkyl halides is 3. The zero-order chi connectivity index (χ0) is 39.4. The number of amides is 3. The van der Waals surface area contributed by atoms with Crippen LogP contribution in [0.25, 0.3) is 10.9 Å². The Hall–Kier alpha value is -4.79. The zero-order valence-electron chi connectivity index (χ0n) is 30.8. The maximum absolute atomic E-state index is 14.8. The molecule has 4 aromatic rings. The first-order chi connectivity index (χ1) is 25.6. The summed E-state index contributed by atoms with van der Waals surface area (Å²) in [5.74, 6) is -3.64. The van der Waals surface area contributed by atoms with Crippen LogP contribution in [0, 0.1) is 17.7 Å². The lowest BCUT2D eigenvalue weighted by Crippen LogP contribution is -2.65. The number of H-pyrrole nitrogens is 1. The molecule has 0 radical (unpaired) electrons. The minimum absolute atomic E-state index is 0.0152. The summed E-state index contributed by atoms with van der Waals surface area (Å²) < 4.78 is 61.7. The van der Waals surface area contributed by atoms with Crippen molar-refractivity contribution < 1.29 is 41.5 Å². The van der Waals surface area contributed by atoms with E-state index < -0.39 is 64.8 Å². The van der Waals surface area contributed by atoms with E-state index in [2.05, 4.69) is 25.9 Å². The van der Waals surface area contributed by atoms with Crippen molar-refractivity contribution in [2.75, 3.05) is 6.61 Å². The second-order valence-electron chi connectivity index (χ2n) is 13.9. The first-order valence-corrected chi connectivity index (χ1v) is 19.0. The SMILES string of the molecule is CCOC(=O)c1csc([C@H](NC(=O)[C@@]2(NC(=O)[C@@H](NC(=O)Cc3ccccc3F)[C@@H](C)CC)CCc3[nH]c4c(C(F)(F)F)cccc4c3C2)[C@@H](C)CC)n1. The first kappa shape index (κ1) is 40.4. The third-order valence-corrected chi connectivity index (χ3v) is 11.2. The predicted octanol–water partition coefficient (Wildman–Crippen LogP) is 6.98. The summed E-state index contributed by atoms with van der Waals surface area (Å²) in [5, 5.41) is 11.0. The molecule has 0 saturated carbocycles. The van der Waals surface area contributed by atoms with E-state index in [-0.39, 0.29) is 60.4 Å². The van der Waals surface area contributed by atoms with Crippen molar-refractivity contribution >= 4 is 45.9 Å². The standard InChI is InChI=1S/C39H45F4N5O5S/c1-6-21(4)31(46-30(49)18-23-12-9-10-15-27(23)40)34(50)48-38(17-16-28-25(19-38)24-13-11-14-26(33(24)44-28)39(41,42)43)37(52)47-32(22(5)7-2)35-45-29(20-54-35)36(51)53-8-3/h9-15,20-22,31-32,44H,6-8,16-19H2,1-5H3,(H,46,49)(H,47,52)(H,48,50)/t21-,22-,31-,32+,38+/m0/s1. The number of aryl methyl sites for hydroxylation is 1. The number of nitrogens with zero attached hydrogens (tertiary/aromatic N) is 1. The van der Waals surface area contributed by atoms with Crippen LogP contribution in [-0.2, 0) is 44.6 Å². The highest BCUT2D eigenvalue weighted by atomic mass is 32.1. The fourth-order valence-electron chi connectivity index (χ4n) is 6.81. The lowest BCUT2D eigenvalue weighted by atomic mass is 9.78. The van der Waals surface area contributed by atoms with Gasteiger partial charge in [0.2, 0.25) is 17.7 Å². The first-order valence-electron chi connectivity index (χ1n) is 18.1. The average Bonchev–Trinajstić information content (AvgIpc) is 3.78. The smallest absolute Gasteiger partial charge is 0.418 e. The van der Waals surface area contributed by atoms with Gasteiger partial charge in [-0.15, -0.1) is 11.3 Å². The molecule has 54 heavy (non-hydrogen) atoms. The summed E-state index contributed by atoms with van der Waals surface area (Å²) in [4.78, 5) is 62.2. The van der Waals surface area contributed by atoms with E-state index in [1.54, 1.807) is 31.4 Å². The molecular weight excluding hydrogens is 727 g/mol. The molecule has 0 spiro atoms. The molecule has 0 fully saturated rings. The van der Waals surface area contributed by atoms with Crippen LogP contribution in [0.5, 0.6) is 0 Å². The Bertz CT molecular complexity index is 2010. The largest absolute Gasteiger partial charge is 0.461 e. The van der Waals surface area contributed by atoms with Crippen LogP contribution in [-0.4, -0.2) is 51.8 Å². The number of para-hydroxylation sites is 1. The molecule has 1 aliphatic carbocycles. The molecular formula is C39H45F4N5O5S. The summed E-state index contributed by atoms with van der Waals surface area (Å²) in [6, 6.07) is 7.83. The lowest BCUT2D eigenvalue weighted by Gasteiger charge is -2.39. The molecule has 290 valence electrons. The zero-order valence-corrected chi connectivity index (χ0v) is 31.6. The number of halogens is 4. The van der Waals surface area contributed by atoms with E-state index in [1.165, 1.54) is 35.6 Å². The molecule has 2 heterocycles. The second-order valence-corrected chi connectivity index (χ2v) is 14.8. The number of hydrogen-bond acceptors (Lipinski definition) is 7. The van der Waals surface area contributed by atoms with E-state index in [9.17, 15) is 36.7 Å². The molecule has 0 bridgehead atoms. The highest BCUT2D eigenvalue weighted by molar-refractivity contribution is 7.09. The molecule has 2 aromatic carbocycles. The van der Waals surface area contributed by atoms with Crippen molar-refractivity contribution in [2.24, 2.45) is 11.8 Å². The van der Waals surface area contributed by atoms with Crippen molar-refractivity contribution in [2.45, 2.75) is 96.9 Å². The number of carbonyl (C=O) groups excluding carboxylic acids is 4. The van der Waals surface area contributed by atoms with Crippen molar-refractivity contribution in [1.29, 1.82) is 0 Å². The molecule has 5 atom stereocenters. The number of ether oxygens (including phenoxy) is 1. The fraction of sp³-hybridized carbons (Fsp3) is 0.462. The van der Waals surface area contributed by atoms with Gasteiger partial charge in [-0.25, -0.2) is 14.2 Å². The van der Waals surface area contributed by atoms with Gasteiger partial charge in [0.05, 0.1) is 30.1 Å². The van der Waals surface area contributed by atoms with Gasteiger partial charge in [-0.05, 0) is 54.9 Å². The third-order valence-electron chi connectivity index (χ3n) is 10.3. The highest BCUT2D eigenvalue weighted by Gasteiger charge is 2.47. The Kier molecular flexibility index (Phi) is 12.5. The van der Waals surface area contributed by atoms with Crippen molar-refractivity contribution in [3.63, 3.8) is 0 Å². The van der Waals surface area contributed by atoms with E-state index >= 15 is 0 Å². The van der Waals surface area contributed by atoms with Gasteiger partial charge in [0.1, 0.15) is 22.4 Å². The molecule has 5 rings (SSSR count). The van der Waals surface area contributed by atoms with Crippen LogP contribution in [0.15, 0.2) is 47.8 Å². The van der Waals surface area contributed by atoms with Gasteiger partial charge in [0, 0.05) is 22.9 Å². The number of fused-ring (bicyclic) bond motifs is 3. The Balaban J connectivity index is 1.53. The van der Waals surface area contributed by atoms with E-state index in [1.807, 2.05) is 20.8 Å². The third kappa shape index (κ3) is 8.61. The molecule has 10 nitrogen and oxygen atoms in total. The summed E-state index contributed by atoms with van der Waals surface area (Å²) in [6.07, 6.45) is -3.90. The summed E-state index contributed by atoms with van der Waals surface area (Å²) in [5.41, 5.74) is -1.41. The maximum atomic E-state index is 14.8. The average molecular weight is 772 g/mol. The molecule has 15 heteroatoms. The van der Waals surface area contributed by atoms with Gasteiger partial charge < -0.3 is 25.7 Å². The Morgan fingerprint density at radius 1 is 1.00 bits per heavy atom. The summed E-state index contributed by atoms with van der Waals surface area (Å²) in [6.45, 7) is 9.26. The Morgan fingerprint density at radius 3 is 2.39 bits per heavy atom. The van der Waals surface area contributed by atoms with Gasteiger partial charge in [-0.3, -0.25) is 14.4 Å². The highest BCUT2D eigenvalue weighted by Crippen LogP contribution is 2.40. The monoisotopic (exact) mass is 771 g/mol. The van der Waals surface area contributed by atoms with Crippen LogP contribution < -0.4 is 16.0 Å². The number of aromatic amines is 1. The van der Waals surface area contributed by atoms with Crippen LogP contribution in [0.1, 0.15) is 97.8 Å². The van der Waals surface area contributed by atoms with Crippen LogP contribution >= 0.6 is 11.3 Å². The number of carbonyl (C=O) groups is 4. The Labute approximate surface area is 314 Å². The molecule has 0 unspecified atom stereocenters. The molecule has 0 aliphatic heterocycles. The van der Waals surface area contributed by atoms with Gasteiger partial charge in [-0.1, -0.05) is 70.9 Å². The number of rotatable bonds is 14. The normalized spacial score (nSPS) is 17.9. The van der Waals surface area contributed by atoms with E-state index in [4.69, 9.17) is 4.74 Å². The van der Waals surface area contributed by atoms with Gasteiger partial charge in [0.15, 0.2) is 5.69 Å². The lowest BCUT2D eigenvalue weighted by molar-refractivity contribution is -0.137. The molecule has 4 N–H and O–H groups in total. The number of esters is 1. The predicted molar refractivity (Wildman–Crippen MR) is 196 cm³/mol. The van der Waals surface area contributed by atoms with Crippen LogP contribution in [0.2, 0.25) is 0 Å². The van der Waals surface area contributed by atoms with Crippen LogP contribution in [0.3, 0.4) is 0 Å². The topological polar surface area (TPSA) is 142 Å². The van der Waals surface area contributed by atoms with Crippen LogP contribution in [0.4, 0.5) is 17.6 Å². The number of benzene rings is 2. The quantitative estimate of drug-likeness (QED) is 0.0806. The van der Waals surface area contributed by atoms with Crippen molar-refractivity contribution in [3.05, 3.63) is 86.7 Å². The molecule has 3 amide bonds. The van der Waals surface area contributed by atoms with Crippen molar-refractivity contribution in [3.8, 4) is 0 Å². The van der Waals surface area contributed by atoms with Gasteiger partial charge >= 0.3 is 12.1 Å². The minimum atomic E-state index is -4.64. The number of hydrogen-bond donors (Lipinski definition) is 4. The molecule has 1 aliphatic rings. The van der Waals surface area contributed by atoms with Gasteiger partial charge in [0.25, 0.3) is 0 Å². The fourth-order valence-corrected chi connectivity index (χ4v) is 7.78.